The number of pyridine rings is 1. The van der Waals surface area contributed by atoms with Gasteiger partial charge >= 0.3 is 0 Å². The number of ether oxygens (including phenoxy) is 4. The van der Waals surface area contributed by atoms with Gasteiger partial charge in [-0.05, 0) is 35.7 Å². The van der Waals surface area contributed by atoms with E-state index in [4.69, 9.17) is 18.9 Å². The van der Waals surface area contributed by atoms with Gasteiger partial charge in [-0.3, -0.25) is 9.59 Å². The summed E-state index contributed by atoms with van der Waals surface area (Å²) in [5, 5.41) is 1.14. The molecule has 4 rings (SSSR count). The number of allylic oxidation sites excluding steroid dienone is 1. The van der Waals surface area contributed by atoms with E-state index in [0.717, 1.165) is 6.29 Å². The third-order valence-corrected chi connectivity index (χ3v) is 4.87. The van der Waals surface area contributed by atoms with E-state index in [0.29, 0.717) is 50.6 Å². The number of rotatable bonds is 6. The lowest BCUT2D eigenvalue weighted by atomic mass is 10.0. The fourth-order valence-corrected chi connectivity index (χ4v) is 3.49. The minimum Gasteiger partial charge on any atom is -0.493 e. The molecule has 0 aliphatic carbocycles. The van der Waals surface area contributed by atoms with Crippen molar-refractivity contribution in [1.82, 2.24) is 4.57 Å². The van der Waals surface area contributed by atoms with E-state index in [1.165, 1.54) is 14.2 Å². The number of benzene rings is 2. The van der Waals surface area contributed by atoms with E-state index in [1.807, 2.05) is 6.07 Å². The maximum atomic E-state index is 13.3. The molecule has 0 bridgehead atoms. The minimum atomic E-state index is -0.229. The van der Waals surface area contributed by atoms with Crippen LogP contribution in [0, 0.1) is 0 Å². The highest BCUT2D eigenvalue weighted by Crippen LogP contribution is 2.39. The SMILES string of the molecule is C=CCn1c(-c2cc3c(cc2C=O)OCO3)cc2cc(OC)c(OC)cc2c1=O. The zero-order chi connectivity index (χ0) is 20.5. The van der Waals surface area contributed by atoms with Crippen molar-refractivity contribution in [3.63, 3.8) is 0 Å². The van der Waals surface area contributed by atoms with Crippen molar-refractivity contribution in [1.29, 1.82) is 0 Å². The van der Waals surface area contributed by atoms with Crippen molar-refractivity contribution >= 4 is 17.1 Å². The molecule has 0 saturated heterocycles. The minimum absolute atomic E-state index is 0.0886. The maximum absolute atomic E-state index is 13.3. The molecule has 0 saturated carbocycles. The third kappa shape index (κ3) is 3.00. The summed E-state index contributed by atoms with van der Waals surface area (Å²) in [6.07, 6.45) is 2.36. The molecule has 3 aromatic rings. The van der Waals surface area contributed by atoms with Crippen LogP contribution in [0.2, 0.25) is 0 Å². The molecule has 2 aromatic carbocycles. The highest BCUT2D eigenvalue weighted by atomic mass is 16.7. The first-order valence-corrected chi connectivity index (χ1v) is 8.91. The molecule has 0 N–H and O–H groups in total. The smallest absolute Gasteiger partial charge is 0.259 e. The summed E-state index contributed by atoms with van der Waals surface area (Å²) in [5.74, 6) is 2.00. The lowest BCUT2D eigenvalue weighted by molar-refractivity contribution is 0.112. The molecule has 0 fully saturated rings. The Balaban J connectivity index is 2.06. The Labute approximate surface area is 166 Å². The van der Waals surface area contributed by atoms with Crippen LogP contribution in [-0.4, -0.2) is 31.9 Å². The van der Waals surface area contributed by atoms with E-state index in [1.54, 1.807) is 34.9 Å². The topological polar surface area (TPSA) is 76.0 Å². The first kappa shape index (κ1) is 18.6. The van der Waals surface area contributed by atoms with Gasteiger partial charge in [-0.15, -0.1) is 6.58 Å². The summed E-state index contributed by atoms with van der Waals surface area (Å²) in [5.41, 5.74) is 1.30. The standard InChI is InChI=1S/C22H19NO6/c1-4-5-23-17(15-9-21-20(28-12-29-21)8-14(15)11-24)6-13-7-18(26-2)19(27-3)10-16(13)22(23)25/h4,6-11H,1,5,12H2,2-3H3. The van der Waals surface area contributed by atoms with Gasteiger partial charge in [0.25, 0.3) is 5.56 Å². The normalized spacial score (nSPS) is 12.1. The summed E-state index contributed by atoms with van der Waals surface area (Å²) in [4.78, 5) is 25.0. The number of carbonyl (C=O) groups excluding carboxylic acids is 1. The first-order chi connectivity index (χ1) is 14.1. The molecule has 1 aliphatic rings. The summed E-state index contributed by atoms with van der Waals surface area (Å²) in [6, 6.07) is 8.57. The number of aromatic nitrogens is 1. The maximum Gasteiger partial charge on any atom is 0.259 e. The Morgan fingerprint density at radius 3 is 2.41 bits per heavy atom. The number of hydrogen-bond acceptors (Lipinski definition) is 6. The van der Waals surface area contributed by atoms with Gasteiger partial charge in [0.2, 0.25) is 6.79 Å². The molecule has 0 radical (unpaired) electrons. The van der Waals surface area contributed by atoms with Crippen LogP contribution in [-0.2, 0) is 6.54 Å². The molecule has 148 valence electrons. The molecule has 7 nitrogen and oxygen atoms in total. The van der Waals surface area contributed by atoms with Gasteiger partial charge < -0.3 is 23.5 Å². The van der Waals surface area contributed by atoms with Gasteiger partial charge in [0.1, 0.15) is 0 Å². The molecule has 0 atom stereocenters. The summed E-state index contributed by atoms with van der Waals surface area (Å²) >= 11 is 0. The lowest BCUT2D eigenvalue weighted by Crippen LogP contribution is -2.22. The Morgan fingerprint density at radius 1 is 1.07 bits per heavy atom. The molecular weight excluding hydrogens is 374 g/mol. The Kier molecular flexibility index (Phi) is 4.72. The van der Waals surface area contributed by atoms with E-state index >= 15 is 0 Å². The second-order valence-electron chi connectivity index (χ2n) is 6.44. The van der Waals surface area contributed by atoms with E-state index in [-0.39, 0.29) is 18.9 Å². The van der Waals surface area contributed by atoms with Crippen molar-refractivity contribution in [2.75, 3.05) is 21.0 Å². The van der Waals surface area contributed by atoms with Crippen LogP contribution in [0.1, 0.15) is 10.4 Å². The quantitative estimate of drug-likeness (QED) is 0.472. The number of methoxy groups -OCH3 is 2. The molecule has 7 heteroatoms. The lowest BCUT2D eigenvalue weighted by Gasteiger charge is -2.16. The van der Waals surface area contributed by atoms with E-state index in [9.17, 15) is 9.59 Å². The van der Waals surface area contributed by atoms with Crippen molar-refractivity contribution in [2.24, 2.45) is 0 Å². The molecule has 1 aliphatic heterocycles. The Bertz CT molecular complexity index is 1190. The van der Waals surface area contributed by atoms with E-state index < -0.39 is 0 Å². The van der Waals surface area contributed by atoms with Gasteiger partial charge in [0.15, 0.2) is 29.3 Å². The summed E-state index contributed by atoms with van der Waals surface area (Å²) in [6.45, 7) is 4.11. The van der Waals surface area contributed by atoms with Gasteiger partial charge in [-0.1, -0.05) is 6.08 Å². The molecule has 0 amide bonds. The van der Waals surface area contributed by atoms with Crippen LogP contribution in [0.15, 0.2) is 47.8 Å². The summed E-state index contributed by atoms with van der Waals surface area (Å²) < 4.78 is 23.1. The Hall–Kier alpha value is -3.74. The van der Waals surface area contributed by atoms with Crippen molar-refractivity contribution in [2.45, 2.75) is 6.54 Å². The molecule has 0 unspecified atom stereocenters. The average molecular weight is 393 g/mol. The van der Waals surface area contributed by atoms with Crippen LogP contribution in [0.5, 0.6) is 23.0 Å². The molecular formula is C22H19NO6. The van der Waals surface area contributed by atoms with Crippen molar-refractivity contribution in [3.8, 4) is 34.3 Å². The number of aldehydes is 1. The monoisotopic (exact) mass is 393 g/mol. The second-order valence-corrected chi connectivity index (χ2v) is 6.44. The average Bonchev–Trinajstić information content (AvgIpc) is 3.21. The van der Waals surface area contributed by atoms with Gasteiger partial charge in [0, 0.05) is 17.7 Å². The van der Waals surface area contributed by atoms with Crippen molar-refractivity contribution < 1.29 is 23.7 Å². The highest BCUT2D eigenvalue weighted by Gasteiger charge is 2.21. The van der Waals surface area contributed by atoms with Gasteiger partial charge in [-0.25, -0.2) is 0 Å². The van der Waals surface area contributed by atoms with Crippen LogP contribution < -0.4 is 24.5 Å². The van der Waals surface area contributed by atoms with Crippen molar-refractivity contribution in [3.05, 3.63) is 58.9 Å². The summed E-state index contributed by atoms with van der Waals surface area (Å²) in [7, 11) is 3.05. The predicted molar refractivity (Wildman–Crippen MR) is 108 cm³/mol. The van der Waals surface area contributed by atoms with Crippen LogP contribution in [0.25, 0.3) is 22.0 Å². The van der Waals surface area contributed by atoms with Crippen LogP contribution in [0.3, 0.4) is 0 Å². The Morgan fingerprint density at radius 2 is 1.76 bits per heavy atom. The van der Waals surface area contributed by atoms with Gasteiger partial charge in [-0.2, -0.15) is 0 Å². The predicted octanol–water partition coefficient (Wildman–Crippen LogP) is 3.41. The zero-order valence-electron chi connectivity index (χ0n) is 16.1. The van der Waals surface area contributed by atoms with Crippen LogP contribution in [0.4, 0.5) is 0 Å². The van der Waals surface area contributed by atoms with Gasteiger partial charge in [0.05, 0.1) is 25.3 Å². The van der Waals surface area contributed by atoms with E-state index in [2.05, 4.69) is 6.58 Å². The molecule has 2 heterocycles. The first-order valence-electron chi connectivity index (χ1n) is 8.91. The molecule has 1 aromatic heterocycles. The fourth-order valence-electron chi connectivity index (χ4n) is 3.49. The van der Waals surface area contributed by atoms with Crippen LogP contribution >= 0.6 is 0 Å². The fraction of sp³-hybridized carbons (Fsp3) is 0.182. The number of fused-ring (bicyclic) bond motifs is 2. The highest BCUT2D eigenvalue weighted by molar-refractivity contribution is 5.93. The third-order valence-electron chi connectivity index (χ3n) is 4.87. The largest absolute Gasteiger partial charge is 0.493 e. The number of nitrogens with zero attached hydrogens (tertiary/aromatic N) is 1. The number of hydrogen-bond donors (Lipinski definition) is 0. The number of carbonyl (C=O) groups is 1. The molecule has 0 spiro atoms. The second kappa shape index (κ2) is 7.35. The molecule has 29 heavy (non-hydrogen) atoms. The zero-order valence-corrected chi connectivity index (χ0v) is 16.1.